The Morgan fingerprint density at radius 2 is 1.74 bits per heavy atom. The number of hydrogen-bond acceptors (Lipinski definition) is 9. The number of anilines is 1. The molecule has 3 aliphatic rings. The van der Waals surface area contributed by atoms with Crippen LogP contribution < -0.4 is 4.90 Å². The monoisotopic (exact) mass is 533 g/mol. The number of amides is 2. The highest BCUT2D eigenvalue weighted by Gasteiger charge is 2.35. The Bertz CT molecular complexity index is 1140. The van der Waals surface area contributed by atoms with E-state index in [2.05, 4.69) is 19.8 Å². The van der Waals surface area contributed by atoms with Crippen molar-refractivity contribution in [3.63, 3.8) is 0 Å². The number of ketones is 1. The first-order valence-electron chi connectivity index (χ1n) is 13.7. The molecule has 0 saturated carbocycles. The molecule has 2 aromatic rings. The third kappa shape index (κ3) is 7.14. The average molecular weight is 534 g/mol. The van der Waals surface area contributed by atoms with Gasteiger partial charge in [0.15, 0.2) is 12.1 Å². The van der Waals surface area contributed by atoms with E-state index in [4.69, 9.17) is 9.47 Å². The molecule has 10 nitrogen and oxygen atoms in total. The fourth-order valence-electron chi connectivity index (χ4n) is 5.10. The van der Waals surface area contributed by atoms with Crippen molar-refractivity contribution in [1.82, 2.24) is 19.8 Å². The summed E-state index contributed by atoms with van der Waals surface area (Å²) < 4.78 is 11.1. The molecule has 2 atom stereocenters. The van der Waals surface area contributed by atoms with Gasteiger partial charge in [-0.3, -0.25) is 24.2 Å². The van der Waals surface area contributed by atoms with Crippen molar-refractivity contribution in [3.05, 3.63) is 59.9 Å². The standard InChI is InChI=1S/C29H35N5O5/c35-25(21-39-28-8-4-5-17-38-28)23-18-30-29(31-19-23)33-15-13-32(14-16-33)20-24(34-26(36)11-12-27(34)37)10-9-22-6-2-1-3-7-22/h1-3,6-7,9-10,18-19,24,28H,4-5,8,11-17,20-21H2/b10-9+. The maximum atomic E-state index is 12.5. The van der Waals surface area contributed by atoms with E-state index in [0.29, 0.717) is 37.8 Å². The molecule has 39 heavy (non-hydrogen) atoms. The zero-order valence-electron chi connectivity index (χ0n) is 22.1. The van der Waals surface area contributed by atoms with Crippen molar-refractivity contribution in [3.8, 4) is 0 Å². The van der Waals surface area contributed by atoms with Gasteiger partial charge < -0.3 is 14.4 Å². The summed E-state index contributed by atoms with van der Waals surface area (Å²) in [5, 5.41) is 0. The van der Waals surface area contributed by atoms with E-state index in [1.165, 1.54) is 4.90 Å². The van der Waals surface area contributed by atoms with Gasteiger partial charge in [-0.05, 0) is 24.8 Å². The Morgan fingerprint density at radius 1 is 1.03 bits per heavy atom. The number of piperazine rings is 1. The molecule has 5 rings (SSSR count). The minimum Gasteiger partial charge on any atom is -0.353 e. The molecule has 2 amide bonds. The lowest BCUT2D eigenvalue weighted by molar-refractivity contribution is -0.155. The number of ether oxygens (including phenoxy) is 2. The summed E-state index contributed by atoms with van der Waals surface area (Å²) in [5.74, 6) is 0.191. The summed E-state index contributed by atoms with van der Waals surface area (Å²) in [7, 11) is 0. The van der Waals surface area contributed by atoms with Crippen LogP contribution in [0.2, 0.25) is 0 Å². The molecule has 1 aromatic heterocycles. The molecule has 2 unspecified atom stereocenters. The molecular weight excluding hydrogens is 498 g/mol. The second kappa shape index (κ2) is 13.1. The van der Waals surface area contributed by atoms with Crippen molar-refractivity contribution in [2.24, 2.45) is 0 Å². The predicted octanol–water partition coefficient (Wildman–Crippen LogP) is 2.56. The van der Waals surface area contributed by atoms with E-state index in [-0.39, 0.29) is 49.4 Å². The second-order valence-corrected chi connectivity index (χ2v) is 10.1. The van der Waals surface area contributed by atoms with Crippen LogP contribution in [0.1, 0.15) is 48.0 Å². The van der Waals surface area contributed by atoms with E-state index in [1.54, 1.807) is 12.4 Å². The maximum Gasteiger partial charge on any atom is 0.230 e. The van der Waals surface area contributed by atoms with E-state index in [1.807, 2.05) is 42.5 Å². The van der Waals surface area contributed by atoms with Crippen LogP contribution in [-0.2, 0) is 19.1 Å². The number of carbonyl (C=O) groups is 3. The van der Waals surface area contributed by atoms with Crippen LogP contribution >= 0.6 is 0 Å². The Balaban J connectivity index is 1.14. The molecule has 10 heteroatoms. The highest BCUT2D eigenvalue weighted by atomic mass is 16.7. The first-order valence-corrected chi connectivity index (χ1v) is 13.7. The molecule has 3 fully saturated rings. The average Bonchev–Trinajstić information content (AvgIpc) is 3.32. The number of likely N-dealkylation sites (tertiary alicyclic amines) is 1. The molecule has 0 N–H and O–H groups in total. The van der Waals surface area contributed by atoms with E-state index < -0.39 is 0 Å². The number of hydrogen-bond donors (Lipinski definition) is 0. The van der Waals surface area contributed by atoms with Crippen molar-refractivity contribution in [2.45, 2.75) is 44.4 Å². The number of aromatic nitrogens is 2. The minimum atomic E-state index is -0.318. The first-order chi connectivity index (χ1) is 19.1. The smallest absolute Gasteiger partial charge is 0.230 e. The summed E-state index contributed by atoms with van der Waals surface area (Å²) in [6, 6.07) is 9.56. The fraction of sp³-hybridized carbons (Fsp3) is 0.483. The van der Waals surface area contributed by atoms with Gasteiger partial charge in [-0.2, -0.15) is 0 Å². The van der Waals surface area contributed by atoms with Crippen LogP contribution in [0.4, 0.5) is 5.95 Å². The van der Waals surface area contributed by atoms with Crippen LogP contribution in [0.15, 0.2) is 48.8 Å². The zero-order chi connectivity index (χ0) is 27.0. The van der Waals surface area contributed by atoms with Crippen LogP contribution in [0.25, 0.3) is 6.08 Å². The molecule has 0 spiro atoms. The van der Waals surface area contributed by atoms with Gasteiger partial charge in [-0.15, -0.1) is 0 Å². The summed E-state index contributed by atoms with van der Waals surface area (Å²) in [4.78, 5) is 52.1. The largest absolute Gasteiger partial charge is 0.353 e. The Hall–Kier alpha value is -3.47. The highest BCUT2D eigenvalue weighted by molar-refractivity contribution is 6.02. The zero-order valence-corrected chi connectivity index (χ0v) is 22.1. The Labute approximate surface area is 228 Å². The van der Waals surface area contributed by atoms with Gasteiger partial charge in [-0.25, -0.2) is 9.97 Å². The van der Waals surface area contributed by atoms with Crippen LogP contribution in [-0.4, -0.2) is 95.6 Å². The Kier molecular flexibility index (Phi) is 9.08. The van der Waals surface area contributed by atoms with Gasteiger partial charge in [0, 0.05) is 64.6 Å². The van der Waals surface area contributed by atoms with E-state index >= 15 is 0 Å². The number of benzene rings is 1. The van der Waals surface area contributed by atoms with Crippen LogP contribution in [0.5, 0.6) is 0 Å². The third-order valence-corrected chi connectivity index (χ3v) is 7.33. The number of rotatable bonds is 10. The first kappa shape index (κ1) is 27.1. The number of nitrogens with zero attached hydrogens (tertiary/aromatic N) is 5. The minimum absolute atomic E-state index is 0.0477. The quantitative estimate of drug-likeness (QED) is 0.337. The van der Waals surface area contributed by atoms with Crippen molar-refractivity contribution in [2.75, 3.05) is 50.8 Å². The van der Waals surface area contributed by atoms with Crippen molar-refractivity contribution < 1.29 is 23.9 Å². The third-order valence-electron chi connectivity index (χ3n) is 7.33. The molecule has 3 saturated heterocycles. The van der Waals surface area contributed by atoms with E-state index in [9.17, 15) is 14.4 Å². The molecular formula is C29H35N5O5. The van der Waals surface area contributed by atoms with Crippen molar-refractivity contribution in [1.29, 1.82) is 0 Å². The molecule has 206 valence electrons. The molecule has 3 aliphatic heterocycles. The van der Waals surface area contributed by atoms with Gasteiger partial charge in [-0.1, -0.05) is 42.5 Å². The second-order valence-electron chi connectivity index (χ2n) is 10.1. The lowest BCUT2D eigenvalue weighted by Crippen LogP contribution is -2.52. The molecule has 0 radical (unpaired) electrons. The topological polar surface area (TPSA) is 105 Å². The van der Waals surface area contributed by atoms with Gasteiger partial charge in [0.2, 0.25) is 17.8 Å². The lowest BCUT2D eigenvalue weighted by Gasteiger charge is -2.37. The molecule has 1 aromatic carbocycles. The summed E-state index contributed by atoms with van der Waals surface area (Å²) in [6.45, 7) is 4.08. The summed E-state index contributed by atoms with van der Waals surface area (Å²) >= 11 is 0. The van der Waals surface area contributed by atoms with Crippen LogP contribution in [0, 0.1) is 0 Å². The normalized spacial score (nSPS) is 21.6. The number of carbonyl (C=O) groups excluding carboxylic acids is 3. The summed E-state index contributed by atoms with van der Waals surface area (Å²) in [6.07, 6.45) is 10.2. The van der Waals surface area contributed by atoms with Gasteiger partial charge in [0.1, 0.15) is 6.61 Å². The van der Waals surface area contributed by atoms with Gasteiger partial charge in [0.05, 0.1) is 11.6 Å². The number of Topliss-reactive ketones (excluding diaryl/α,β-unsaturated/α-hetero) is 1. The maximum absolute atomic E-state index is 12.5. The van der Waals surface area contributed by atoms with Gasteiger partial charge in [0.25, 0.3) is 0 Å². The SMILES string of the molecule is O=C(COC1CCCCO1)c1cnc(N2CCN(CC(/C=C/c3ccccc3)N3C(=O)CCC3=O)CC2)nc1. The van der Waals surface area contributed by atoms with Gasteiger partial charge >= 0.3 is 0 Å². The Morgan fingerprint density at radius 3 is 2.41 bits per heavy atom. The van der Waals surface area contributed by atoms with Crippen molar-refractivity contribution >= 4 is 29.6 Å². The molecule has 0 aliphatic carbocycles. The predicted molar refractivity (Wildman–Crippen MR) is 145 cm³/mol. The molecule has 4 heterocycles. The number of imide groups is 1. The fourth-order valence-corrected chi connectivity index (χ4v) is 5.10. The van der Waals surface area contributed by atoms with Crippen LogP contribution in [0.3, 0.4) is 0 Å². The highest BCUT2D eigenvalue weighted by Crippen LogP contribution is 2.20. The summed E-state index contributed by atoms with van der Waals surface area (Å²) in [5.41, 5.74) is 1.44. The lowest BCUT2D eigenvalue weighted by atomic mass is 10.1. The van der Waals surface area contributed by atoms with E-state index in [0.717, 1.165) is 37.9 Å². The molecule has 0 bridgehead atoms.